The van der Waals surface area contributed by atoms with Gasteiger partial charge in [-0.05, 0) is 18.9 Å². The van der Waals surface area contributed by atoms with E-state index in [1.807, 2.05) is 6.07 Å². The highest BCUT2D eigenvalue weighted by molar-refractivity contribution is 6.08. The number of carbonyl (C=O) groups excluding carboxylic acids is 1. The Morgan fingerprint density at radius 3 is 2.83 bits per heavy atom. The first-order valence-electron chi connectivity index (χ1n) is 9.56. The summed E-state index contributed by atoms with van der Waals surface area (Å²) in [5.74, 6) is 0.000546. The monoisotopic (exact) mass is 420 g/mol. The van der Waals surface area contributed by atoms with E-state index in [9.17, 15) is 18.0 Å². The molecule has 0 aliphatic carbocycles. The van der Waals surface area contributed by atoms with Crippen LogP contribution in [0.4, 0.5) is 24.7 Å². The van der Waals surface area contributed by atoms with Crippen LogP contribution in [0, 0.1) is 0 Å². The van der Waals surface area contributed by atoms with E-state index < -0.39 is 23.5 Å². The van der Waals surface area contributed by atoms with Gasteiger partial charge >= 0.3 is 6.18 Å². The molecular weight excluding hydrogens is 401 g/mol. The zero-order valence-corrected chi connectivity index (χ0v) is 16.0. The van der Waals surface area contributed by atoms with Crippen molar-refractivity contribution in [2.75, 3.05) is 23.3 Å². The number of halogens is 3. The Kier molecular flexibility index (Phi) is 4.20. The van der Waals surface area contributed by atoms with Gasteiger partial charge in [-0.1, -0.05) is 0 Å². The number of hydrogen-bond acceptors (Lipinski definition) is 6. The number of piperidine rings is 2. The van der Waals surface area contributed by atoms with E-state index in [-0.39, 0.29) is 11.2 Å². The van der Waals surface area contributed by atoms with Gasteiger partial charge in [0.15, 0.2) is 11.3 Å². The van der Waals surface area contributed by atoms with E-state index in [4.69, 9.17) is 0 Å². The molecule has 3 aromatic heterocycles. The maximum Gasteiger partial charge on any atom is 0.437 e. The van der Waals surface area contributed by atoms with Crippen LogP contribution in [0.5, 0.6) is 0 Å². The zero-order chi connectivity index (χ0) is 21.0. The van der Waals surface area contributed by atoms with Gasteiger partial charge in [-0.25, -0.2) is 9.50 Å². The number of rotatable bonds is 3. The van der Waals surface area contributed by atoms with Gasteiger partial charge in [0.2, 0.25) is 0 Å². The normalized spacial score (nSPS) is 21.4. The van der Waals surface area contributed by atoms with Gasteiger partial charge < -0.3 is 15.5 Å². The molecule has 1 amide bonds. The molecule has 3 aliphatic heterocycles. The topological polar surface area (TPSA) is 92.4 Å². The SMILES string of the molecule is Cn1cc(NC(=O)c2cnn3ccc(N4C[C@@H]5CC[C@@H]4CN5)nc23)c(C(F)(F)F)n1. The highest BCUT2D eigenvalue weighted by Crippen LogP contribution is 2.34. The molecule has 3 saturated heterocycles. The summed E-state index contributed by atoms with van der Waals surface area (Å²) in [6.45, 7) is 1.71. The van der Waals surface area contributed by atoms with E-state index >= 15 is 0 Å². The first-order valence-corrected chi connectivity index (χ1v) is 9.56. The van der Waals surface area contributed by atoms with E-state index in [1.54, 1.807) is 6.20 Å². The molecule has 0 saturated carbocycles. The third kappa shape index (κ3) is 3.16. The molecule has 6 rings (SSSR count). The third-order valence-corrected chi connectivity index (χ3v) is 5.59. The summed E-state index contributed by atoms with van der Waals surface area (Å²) in [6.07, 6.45) is 1.62. The lowest BCUT2D eigenvalue weighted by Gasteiger charge is -2.46. The molecule has 2 bridgehead atoms. The second-order valence-corrected chi connectivity index (χ2v) is 7.62. The number of piperazine rings is 1. The van der Waals surface area contributed by atoms with Crippen LogP contribution in [0.25, 0.3) is 5.65 Å². The standard InChI is InChI=1S/C18H19F3N8O/c1-27-9-13(15(26-27)18(19,20)21)24-17(30)12-7-23-29-5-4-14(25-16(12)29)28-8-10-2-3-11(28)6-22-10/h4-5,7,9-11,22H,2-3,6,8H2,1H3,(H,24,30)/t10-,11+/m0/s1. The number of amides is 1. The zero-order valence-electron chi connectivity index (χ0n) is 16.0. The van der Waals surface area contributed by atoms with Crippen molar-refractivity contribution < 1.29 is 18.0 Å². The van der Waals surface area contributed by atoms with Gasteiger partial charge in [0, 0.05) is 44.6 Å². The van der Waals surface area contributed by atoms with Crippen LogP contribution in [0.3, 0.4) is 0 Å². The summed E-state index contributed by atoms with van der Waals surface area (Å²) < 4.78 is 42.0. The molecular formula is C18H19F3N8O. The number of hydrogen-bond donors (Lipinski definition) is 2. The second kappa shape index (κ2) is 6.69. The minimum absolute atomic E-state index is 0.0918. The number of nitrogens with zero attached hydrogens (tertiary/aromatic N) is 6. The fraction of sp³-hybridized carbons (Fsp3) is 0.444. The van der Waals surface area contributed by atoms with E-state index in [1.165, 1.54) is 17.8 Å². The average Bonchev–Trinajstić information content (AvgIpc) is 3.31. The summed E-state index contributed by atoms with van der Waals surface area (Å²) in [4.78, 5) is 19.6. The van der Waals surface area contributed by atoms with Crippen molar-refractivity contribution in [3.05, 3.63) is 35.9 Å². The average molecular weight is 420 g/mol. The minimum atomic E-state index is -4.68. The molecule has 2 N–H and O–H groups in total. The van der Waals surface area contributed by atoms with Crippen LogP contribution < -0.4 is 15.5 Å². The van der Waals surface area contributed by atoms with Crippen LogP contribution >= 0.6 is 0 Å². The summed E-state index contributed by atoms with van der Waals surface area (Å²) >= 11 is 0. The molecule has 6 heterocycles. The lowest BCUT2D eigenvalue weighted by molar-refractivity contribution is -0.140. The second-order valence-electron chi connectivity index (χ2n) is 7.62. The van der Waals surface area contributed by atoms with Gasteiger partial charge in [-0.15, -0.1) is 0 Å². The maximum atomic E-state index is 13.2. The third-order valence-electron chi connectivity index (χ3n) is 5.59. The molecule has 12 heteroatoms. The van der Waals surface area contributed by atoms with Crippen molar-refractivity contribution in [3.63, 3.8) is 0 Å². The molecule has 3 aliphatic rings. The largest absolute Gasteiger partial charge is 0.437 e. The van der Waals surface area contributed by atoms with Crippen molar-refractivity contribution in [2.24, 2.45) is 7.05 Å². The Labute approximate surface area is 168 Å². The highest BCUT2D eigenvalue weighted by Gasteiger charge is 2.38. The smallest absolute Gasteiger partial charge is 0.351 e. The summed E-state index contributed by atoms with van der Waals surface area (Å²) in [5, 5.41) is 13.3. The Bertz CT molecular complexity index is 1110. The predicted molar refractivity (Wildman–Crippen MR) is 101 cm³/mol. The Balaban J connectivity index is 1.46. The fourth-order valence-electron chi connectivity index (χ4n) is 4.15. The quantitative estimate of drug-likeness (QED) is 0.670. The molecule has 158 valence electrons. The minimum Gasteiger partial charge on any atom is -0.351 e. The first-order chi connectivity index (χ1) is 14.3. The number of alkyl halides is 3. The summed E-state index contributed by atoms with van der Waals surface area (Å²) in [6, 6.07) is 2.58. The molecule has 0 unspecified atom stereocenters. The van der Waals surface area contributed by atoms with E-state index in [0.717, 1.165) is 42.6 Å². The van der Waals surface area contributed by atoms with Crippen LogP contribution in [-0.4, -0.2) is 55.5 Å². The van der Waals surface area contributed by atoms with E-state index in [2.05, 4.69) is 30.7 Å². The number of aryl methyl sites for hydroxylation is 1. The molecule has 9 nitrogen and oxygen atoms in total. The molecule has 3 fully saturated rings. The molecule has 3 aromatic rings. The van der Waals surface area contributed by atoms with Crippen molar-refractivity contribution in [2.45, 2.75) is 31.1 Å². The Morgan fingerprint density at radius 2 is 2.17 bits per heavy atom. The molecule has 0 radical (unpaired) electrons. The number of nitrogens with one attached hydrogen (secondary N) is 2. The number of anilines is 2. The number of fused-ring (bicyclic) bond motifs is 4. The van der Waals surface area contributed by atoms with E-state index in [0.29, 0.717) is 12.1 Å². The first kappa shape index (κ1) is 18.9. The van der Waals surface area contributed by atoms with Gasteiger partial charge in [0.05, 0.1) is 11.9 Å². The van der Waals surface area contributed by atoms with Crippen molar-refractivity contribution in [1.82, 2.24) is 29.7 Å². The van der Waals surface area contributed by atoms with Gasteiger partial charge in [-0.2, -0.15) is 23.4 Å². The highest BCUT2D eigenvalue weighted by atomic mass is 19.4. The predicted octanol–water partition coefficient (Wildman–Crippen LogP) is 1.67. The lowest BCUT2D eigenvalue weighted by atomic mass is 9.93. The van der Waals surface area contributed by atoms with Crippen LogP contribution in [0.15, 0.2) is 24.7 Å². The van der Waals surface area contributed by atoms with Gasteiger partial charge in [0.25, 0.3) is 5.91 Å². The number of aromatic nitrogens is 5. The molecule has 0 aromatic carbocycles. The van der Waals surface area contributed by atoms with Crippen LogP contribution in [0.2, 0.25) is 0 Å². The maximum absolute atomic E-state index is 13.2. The summed E-state index contributed by atoms with van der Waals surface area (Å²) in [7, 11) is 1.36. The lowest BCUT2D eigenvalue weighted by Crippen LogP contribution is -2.61. The van der Waals surface area contributed by atoms with Crippen molar-refractivity contribution in [3.8, 4) is 0 Å². The van der Waals surface area contributed by atoms with Crippen molar-refractivity contribution in [1.29, 1.82) is 0 Å². The summed E-state index contributed by atoms with van der Waals surface area (Å²) in [5.41, 5.74) is -1.18. The van der Waals surface area contributed by atoms with Gasteiger partial charge in [-0.3, -0.25) is 9.48 Å². The molecule has 0 spiro atoms. The Morgan fingerprint density at radius 1 is 1.33 bits per heavy atom. The van der Waals surface area contributed by atoms with Crippen LogP contribution in [-0.2, 0) is 13.2 Å². The number of carbonyl (C=O) groups is 1. The Hall–Kier alpha value is -3.15. The van der Waals surface area contributed by atoms with Crippen molar-refractivity contribution >= 4 is 23.1 Å². The molecule has 2 atom stereocenters. The van der Waals surface area contributed by atoms with Gasteiger partial charge in [0.1, 0.15) is 11.4 Å². The fourth-order valence-corrected chi connectivity index (χ4v) is 4.15. The molecule has 30 heavy (non-hydrogen) atoms. The van der Waals surface area contributed by atoms with Crippen LogP contribution in [0.1, 0.15) is 28.9 Å².